The van der Waals surface area contributed by atoms with Gasteiger partial charge in [0, 0.05) is 17.5 Å². The fourth-order valence-corrected chi connectivity index (χ4v) is 1.82. The van der Waals surface area contributed by atoms with E-state index in [-0.39, 0.29) is 5.82 Å². The number of hydrogen-bond donors (Lipinski definition) is 2. The van der Waals surface area contributed by atoms with Gasteiger partial charge >= 0.3 is 5.97 Å². The Hall–Kier alpha value is -1.84. The summed E-state index contributed by atoms with van der Waals surface area (Å²) in [5.74, 6) is -1.18. The van der Waals surface area contributed by atoms with Crippen LogP contribution in [0.25, 0.3) is 10.9 Å². The third-order valence-corrected chi connectivity index (χ3v) is 2.87. The van der Waals surface area contributed by atoms with Gasteiger partial charge in [0.2, 0.25) is 0 Å². The average Bonchev–Trinajstić information content (AvgIpc) is 2.60. The summed E-state index contributed by atoms with van der Waals surface area (Å²) < 4.78 is 13.4. The number of aromatic amines is 1. The summed E-state index contributed by atoms with van der Waals surface area (Å²) in [4.78, 5) is 14.0. The molecule has 2 rings (SSSR count). The predicted octanol–water partition coefficient (Wildman–Crippen LogP) is 2.96. The normalized spacial score (nSPS) is 11.9. The third-order valence-electron chi connectivity index (χ3n) is 2.87. The van der Waals surface area contributed by atoms with Crippen LogP contribution in [0.4, 0.5) is 4.39 Å². The molecule has 0 saturated carbocycles. The van der Waals surface area contributed by atoms with E-state index in [0.717, 1.165) is 11.1 Å². The molecule has 1 aromatic carbocycles. The van der Waals surface area contributed by atoms with E-state index in [4.69, 9.17) is 5.11 Å². The van der Waals surface area contributed by atoms with Crippen molar-refractivity contribution in [1.29, 1.82) is 0 Å². The number of benzene rings is 1. The minimum atomic E-state index is -0.864. The van der Waals surface area contributed by atoms with E-state index in [1.165, 1.54) is 6.07 Å². The Morgan fingerprint density at radius 1 is 1.47 bits per heavy atom. The molecule has 2 aromatic rings. The highest BCUT2D eigenvalue weighted by Gasteiger charge is 2.28. The fourth-order valence-electron chi connectivity index (χ4n) is 1.82. The molecule has 1 heterocycles. The Morgan fingerprint density at radius 2 is 2.18 bits per heavy atom. The number of carboxylic acids is 1. The Kier molecular flexibility index (Phi) is 2.65. The lowest BCUT2D eigenvalue weighted by Gasteiger charge is -2.17. The maximum atomic E-state index is 13.4. The zero-order chi connectivity index (χ0) is 12.6. The van der Waals surface area contributed by atoms with E-state index in [1.54, 1.807) is 32.0 Å². The van der Waals surface area contributed by atoms with Crippen LogP contribution in [-0.4, -0.2) is 16.1 Å². The zero-order valence-corrected chi connectivity index (χ0v) is 9.75. The van der Waals surface area contributed by atoms with Crippen LogP contribution in [0.15, 0.2) is 24.3 Å². The summed E-state index contributed by atoms with van der Waals surface area (Å²) in [6.45, 7) is 3.30. The molecule has 0 atom stereocenters. The molecule has 0 amide bonds. The molecule has 0 saturated heterocycles. The summed E-state index contributed by atoms with van der Waals surface area (Å²) >= 11 is 0. The van der Waals surface area contributed by atoms with Gasteiger partial charge in [-0.25, -0.2) is 4.39 Å². The van der Waals surface area contributed by atoms with Crippen molar-refractivity contribution in [3.8, 4) is 0 Å². The van der Waals surface area contributed by atoms with Crippen molar-refractivity contribution in [3.05, 3.63) is 35.8 Å². The molecule has 90 valence electrons. The molecule has 0 unspecified atom stereocenters. The molecular weight excluding hydrogens is 221 g/mol. The maximum Gasteiger partial charge on any atom is 0.309 e. The highest BCUT2D eigenvalue weighted by molar-refractivity contribution is 5.81. The lowest BCUT2D eigenvalue weighted by Crippen LogP contribution is -2.26. The van der Waals surface area contributed by atoms with E-state index in [2.05, 4.69) is 4.98 Å². The van der Waals surface area contributed by atoms with Crippen LogP contribution in [0.2, 0.25) is 0 Å². The first-order valence-electron chi connectivity index (χ1n) is 5.40. The van der Waals surface area contributed by atoms with E-state index < -0.39 is 11.4 Å². The first-order chi connectivity index (χ1) is 7.90. The molecule has 17 heavy (non-hydrogen) atoms. The summed E-state index contributed by atoms with van der Waals surface area (Å²) in [6.07, 6.45) is 0.344. The van der Waals surface area contributed by atoms with Gasteiger partial charge in [-0.1, -0.05) is 12.1 Å². The van der Waals surface area contributed by atoms with Crippen molar-refractivity contribution in [1.82, 2.24) is 4.98 Å². The zero-order valence-electron chi connectivity index (χ0n) is 9.75. The average molecular weight is 235 g/mol. The van der Waals surface area contributed by atoms with Gasteiger partial charge in [0.15, 0.2) is 0 Å². The molecule has 3 nitrogen and oxygen atoms in total. The molecule has 2 N–H and O–H groups in total. The van der Waals surface area contributed by atoms with Crippen molar-refractivity contribution in [3.63, 3.8) is 0 Å². The summed E-state index contributed by atoms with van der Waals surface area (Å²) in [7, 11) is 0. The Labute approximate surface area is 98.3 Å². The van der Waals surface area contributed by atoms with Crippen molar-refractivity contribution >= 4 is 16.9 Å². The van der Waals surface area contributed by atoms with Crippen LogP contribution in [-0.2, 0) is 11.2 Å². The largest absolute Gasteiger partial charge is 0.481 e. The van der Waals surface area contributed by atoms with Gasteiger partial charge in [0.25, 0.3) is 0 Å². The topological polar surface area (TPSA) is 53.1 Å². The van der Waals surface area contributed by atoms with Gasteiger partial charge in [-0.2, -0.15) is 0 Å². The molecule has 0 aliphatic heterocycles. The van der Waals surface area contributed by atoms with Crippen molar-refractivity contribution in [2.75, 3.05) is 0 Å². The molecule has 0 aliphatic carbocycles. The second-order valence-corrected chi connectivity index (χ2v) is 4.86. The predicted molar refractivity (Wildman–Crippen MR) is 63.4 cm³/mol. The summed E-state index contributed by atoms with van der Waals surface area (Å²) in [5.41, 5.74) is 0.304. The molecule has 0 spiro atoms. The number of fused-ring (bicyclic) bond motifs is 1. The minimum absolute atomic E-state index is 0.318. The number of hydrogen-bond acceptors (Lipinski definition) is 1. The number of H-pyrrole nitrogens is 1. The van der Waals surface area contributed by atoms with E-state index >= 15 is 0 Å². The van der Waals surface area contributed by atoms with Crippen LogP contribution in [0.5, 0.6) is 0 Å². The number of aromatic nitrogens is 1. The summed E-state index contributed by atoms with van der Waals surface area (Å²) in [5, 5.41) is 9.81. The minimum Gasteiger partial charge on any atom is -0.481 e. The van der Waals surface area contributed by atoms with Gasteiger partial charge in [-0.3, -0.25) is 4.79 Å². The molecule has 0 radical (unpaired) electrons. The van der Waals surface area contributed by atoms with Gasteiger partial charge < -0.3 is 10.1 Å². The van der Waals surface area contributed by atoms with E-state index in [0.29, 0.717) is 11.9 Å². The quantitative estimate of drug-likeness (QED) is 0.859. The van der Waals surface area contributed by atoms with Gasteiger partial charge in [-0.05, 0) is 26.0 Å². The number of nitrogens with one attached hydrogen (secondary N) is 1. The van der Waals surface area contributed by atoms with Gasteiger partial charge in [-0.15, -0.1) is 0 Å². The van der Waals surface area contributed by atoms with Gasteiger partial charge in [0.05, 0.1) is 10.9 Å². The Bertz CT molecular complexity index is 572. The van der Waals surface area contributed by atoms with Crippen LogP contribution in [0.3, 0.4) is 0 Å². The van der Waals surface area contributed by atoms with Crippen LogP contribution >= 0.6 is 0 Å². The first-order valence-corrected chi connectivity index (χ1v) is 5.40. The second kappa shape index (κ2) is 3.87. The lowest BCUT2D eigenvalue weighted by molar-refractivity contribution is -0.146. The number of carboxylic acid groups (broad SMARTS) is 1. The Balaban J connectivity index is 2.38. The van der Waals surface area contributed by atoms with Crippen LogP contribution in [0, 0.1) is 11.2 Å². The molecule has 0 fully saturated rings. The third kappa shape index (κ3) is 2.16. The van der Waals surface area contributed by atoms with Gasteiger partial charge in [0.1, 0.15) is 5.82 Å². The van der Waals surface area contributed by atoms with Crippen LogP contribution < -0.4 is 0 Å². The number of carbonyl (C=O) groups is 1. The number of para-hydroxylation sites is 1. The second-order valence-electron chi connectivity index (χ2n) is 4.86. The van der Waals surface area contributed by atoms with Crippen molar-refractivity contribution < 1.29 is 14.3 Å². The Morgan fingerprint density at radius 3 is 2.76 bits per heavy atom. The summed E-state index contributed by atoms with van der Waals surface area (Å²) in [6, 6.07) is 6.61. The number of halogens is 1. The maximum absolute atomic E-state index is 13.4. The van der Waals surface area contributed by atoms with Crippen LogP contribution in [0.1, 0.15) is 19.5 Å². The molecular formula is C13H14FNO2. The number of aliphatic carboxylic acids is 1. The lowest BCUT2D eigenvalue weighted by atomic mass is 9.88. The molecule has 1 aromatic heterocycles. The SMILES string of the molecule is CC(C)(Cc1cc2cccc(F)c2[nH]1)C(=O)O. The molecule has 0 aliphatic rings. The highest BCUT2D eigenvalue weighted by Crippen LogP contribution is 2.25. The van der Waals surface area contributed by atoms with E-state index in [1.807, 2.05) is 0 Å². The van der Waals surface area contributed by atoms with Crippen molar-refractivity contribution in [2.24, 2.45) is 5.41 Å². The van der Waals surface area contributed by atoms with E-state index in [9.17, 15) is 9.18 Å². The fraction of sp³-hybridized carbons (Fsp3) is 0.308. The standard InChI is InChI=1S/C13H14FNO2/c1-13(2,12(16)17)7-9-6-8-4-3-5-10(14)11(8)15-9/h3-6,15H,7H2,1-2H3,(H,16,17). The smallest absolute Gasteiger partial charge is 0.309 e. The van der Waals surface area contributed by atoms with Crippen molar-refractivity contribution in [2.45, 2.75) is 20.3 Å². The monoisotopic (exact) mass is 235 g/mol. The molecule has 0 bridgehead atoms. The highest BCUT2D eigenvalue weighted by atomic mass is 19.1. The first kappa shape index (κ1) is 11.6. The number of rotatable bonds is 3. The molecule has 4 heteroatoms.